The van der Waals surface area contributed by atoms with E-state index in [-0.39, 0.29) is 0 Å². The summed E-state index contributed by atoms with van der Waals surface area (Å²) in [6.45, 7) is 8.79. The second-order valence-corrected chi connectivity index (χ2v) is 6.96. The van der Waals surface area contributed by atoms with E-state index in [0.29, 0.717) is 12.0 Å². The van der Waals surface area contributed by atoms with Crippen LogP contribution in [0.25, 0.3) is 0 Å². The Morgan fingerprint density at radius 3 is 2.78 bits per heavy atom. The Bertz CT molecular complexity index is 415. The van der Waals surface area contributed by atoms with E-state index >= 15 is 0 Å². The maximum absolute atomic E-state index is 5.66. The minimum absolute atomic E-state index is 0.460. The van der Waals surface area contributed by atoms with E-state index < -0.39 is 0 Å². The van der Waals surface area contributed by atoms with Gasteiger partial charge in [0.15, 0.2) is 0 Å². The third-order valence-electron chi connectivity index (χ3n) is 3.73. The van der Waals surface area contributed by atoms with Crippen LogP contribution in [-0.4, -0.2) is 18.0 Å². The highest BCUT2D eigenvalue weighted by molar-refractivity contribution is 9.10. The summed E-state index contributed by atoms with van der Waals surface area (Å²) in [6, 6.07) is 6.48. The average molecular weight is 311 g/mol. The van der Waals surface area contributed by atoms with E-state index in [2.05, 4.69) is 52.9 Å². The predicted octanol–water partition coefficient (Wildman–Crippen LogP) is 3.53. The molecule has 0 atom stereocenters. The molecule has 3 heteroatoms. The largest absolute Gasteiger partial charge is 0.326 e. The lowest BCUT2D eigenvalue weighted by molar-refractivity contribution is 0.111. The Hall–Kier alpha value is -0.380. The monoisotopic (exact) mass is 310 g/mol. The molecule has 0 aromatic heterocycles. The fourth-order valence-electron chi connectivity index (χ4n) is 2.77. The van der Waals surface area contributed by atoms with E-state index in [0.717, 1.165) is 6.54 Å². The van der Waals surface area contributed by atoms with Crippen LogP contribution in [0.1, 0.15) is 37.8 Å². The Labute approximate surface area is 119 Å². The number of benzene rings is 1. The zero-order valence-corrected chi connectivity index (χ0v) is 13.0. The first-order valence-corrected chi connectivity index (χ1v) is 7.49. The van der Waals surface area contributed by atoms with Crippen LogP contribution in [0.3, 0.4) is 0 Å². The zero-order valence-electron chi connectivity index (χ0n) is 11.4. The summed E-state index contributed by atoms with van der Waals surface area (Å²) >= 11 is 3.66. The topological polar surface area (TPSA) is 29.3 Å². The summed E-state index contributed by atoms with van der Waals surface area (Å²) in [6.07, 6.45) is 2.66. The van der Waals surface area contributed by atoms with Crippen LogP contribution in [0.5, 0.6) is 0 Å². The van der Waals surface area contributed by atoms with Gasteiger partial charge in [0.2, 0.25) is 0 Å². The molecule has 2 rings (SSSR count). The fourth-order valence-corrected chi connectivity index (χ4v) is 3.32. The fraction of sp³-hybridized carbons (Fsp3) is 0.600. The van der Waals surface area contributed by atoms with Crippen LogP contribution < -0.4 is 5.73 Å². The van der Waals surface area contributed by atoms with Gasteiger partial charge in [-0.05, 0) is 42.0 Å². The highest BCUT2D eigenvalue weighted by Gasteiger charge is 2.26. The van der Waals surface area contributed by atoms with Crippen molar-refractivity contribution >= 4 is 15.9 Å². The molecule has 2 N–H and O–H groups in total. The molecule has 1 aliphatic rings. The lowest BCUT2D eigenvalue weighted by Gasteiger charge is -2.38. The van der Waals surface area contributed by atoms with E-state index in [1.807, 2.05) is 0 Å². The van der Waals surface area contributed by atoms with Gasteiger partial charge in [-0.25, -0.2) is 0 Å². The minimum atomic E-state index is 0.460. The number of halogens is 1. The van der Waals surface area contributed by atoms with Gasteiger partial charge in [0.1, 0.15) is 0 Å². The second kappa shape index (κ2) is 5.72. The van der Waals surface area contributed by atoms with E-state index in [1.165, 1.54) is 41.5 Å². The Kier molecular flexibility index (Phi) is 4.46. The lowest BCUT2D eigenvalue weighted by atomic mass is 9.84. The van der Waals surface area contributed by atoms with Gasteiger partial charge in [-0.3, -0.25) is 4.90 Å². The first-order chi connectivity index (χ1) is 8.50. The molecular formula is C15H23BrN2. The number of likely N-dealkylation sites (tertiary alicyclic amines) is 1. The van der Waals surface area contributed by atoms with Crippen molar-refractivity contribution in [2.24, 2.45) is 11.1 Å². The molecule has 2 nitrogen and oxygen atoms in total. The molecule has 1 heterocycles. The summed E-state index contributed by atoms with van der Waals surface area (Å²) in [4.78, 5) is 2.56. The van der Waals surface area contributed by atoms with Crippen molar-refractivity contribution in [1.82, 2.24) is 4.90 Å². The summed E-state index contributed by atoms with van der Waals surface area (Å²) in [5.74, 6) is 0. The molecule has 1 fully saturated rings. The first kappa shape index (κ1) is 14.0. The molecule has 1 aromatic carbocycles. The van der Waals surface area contributed by atoms with Crippen molar-refractivity contribution in [3.05, 3.63) is 33.8 Å². The van der Waals surface area contributed by atoms with Crippen molar-refractivity contribution in [3.63, 3.8) is 0 Å². The van der Waals surface area contributed by atoms with Gasteiger partial charge in [0, 0.05) is 24.1 Å². The first-order valence-electron chi connectivity index (χ1n) is 6.70. The van der Waals surface area contributed by atoms with Gasteiger partial charge in [-0.2, -0.15) is 0 Å². The average Bonchev–Trinajstić information content (AvgIpc) is 2.30. The van der Waals surface area contributed by atoms with Crippen molar-refractivity contribution in [2.75, 3.05) is 13.1 Å². The van der Waals surface area contributed by atoms with Gasteiger partial charge in [-0.15, -0.1) is 0 Å². The summed E-state index contributed by atoms with van der Waals surface area (Å²) in [5.41, 5.74) is 8.67. The zero-order chi connectivity index (χ0) is 13.2. The van der Waals surface area contributed by atoms with Crippen LogP contribution in [0.15, 0.2) is 22.7 Å². The highest BCUT2D eigenvalue weighted by Crippen LogP contribution is 2.30. The van der Waals surface area contributed by atoms with Gasteiger partial charge in [0.25, 0.3) is 0 Å². The van der Waals surface area contributed by atoms with Crippen LogP contribution in [0.4, 0.5) is 0 Å². The van der Waals surface area contributed by atoms with Crippen molar-refractivity contribution in [2.45, 2.75) is 39.8 Å². The molecule has 0 amide bonds. The van der Waals surface area contributed by atoms with Gasteiger partial charge in [0.05, 0.1) is 0 Å². The van der Waals surface area contributed by atoms with Crippen LogP contribution >= 0.6 is 15.9 Å². The molecule has 100 valence electrons. The number of nitrogens with two attached hydrogens (primary N) is 1. The quantitative estimate of drug-likeness (QED) is 0.925. The standard InChI is InChI=1S/C15H23BrN2/c1-15(2)6-3-7-18(11-15)10-13-5-4-12(9-17)8-14(13)16/h4-5,8H,3,6-7,9-11,17H2,1-2H3. The van der Waals surface area contributed by atoms with Crippen molar-refractivity contribution in [1.29, 1.82) is 0 Å². The second-order valence-electron chi connectivity index (χ2n) is 6.11. The number of piperidine rings is 1. The maximum Gasteiger partial charge on any atom is 0.0245 e. The van der Waals surface area contributed by atoms with Crippen LogP contribution in [-0.2, 0) is 13.1 Å². The molecule has 0 radical (unpaired) electrons. The third kappa shape index (κ3) is 3.56. The van der Waals surface area contributed by atoms with Crippen molar-refractivity contribution in [3.8, 4) is 0 Å². The Morgan fingerprint density at radius 1 is 1.39 bits per heavy atom. The van der Waals surface area contributed by atoms with Gasteiger partial charge in [-0.1, -0.05) is 41.9 Å². The molecule has 0 bridgehead atoms. The van der Waals surface area contributed by atoms with Crippen LogP contribution in [0.2, 0.25) is 0 Å². The van der Waals surface area contributed by atoms with E-state index in [1.54, 1.807) is 0 Å². The molecule has 0 saturated carbocycles. The molecule has 0 unspecified atom stereocenters. The molecule has 0 aliphatic carbocycles. The van der Waals surface area contributed by atoms with E-state index in [9.17, 15) is 0 Å². The van der Waals surface area contributed by atoms with Crippen LogP contribution in [0, 0.1) is 5.41 Å². The number of nitrogens with zero attached hydrogens (tertiary/aromatic N) is 1. The Morgan fingerprint density at radius 2 is 2.17 bits per heavy atom. The third-order valence-corrected chi connectivity index (χ3v) is 4.46. The lowest BCUT2D eigenvalue weighted by Crippen LogP contribution is -2.39. The summed E-state index contributed by atoms with van der Waals surface area (Å²) in [7, 11) is 0. The summed E-state index contributed by atoms with van der Waals surface area (Å²) in [5, 5.41) is 0. The SMILES string of the molecule is CC1(C)CCCN(Cc2ccc(CN)cc2Br)C1. The predicted molar refractivity (Wildman–Crippen MR) is 80.3 cm³/mol. The summed E-state index contributed by atoms with van der Waals surface area (Å²) < 4.78 is 1.19. The number of hydrogen-bond acceptors (Lipinski definition) is 2. The minimum Gasteiger partial charge on any atom is -0.326 e. The molecule has 1 aromatic rings. The molecule has 1 saturated heterocycles. The molecule has 1 aliphatic heterocycles. The Balaban J connectivity index is 2.05. The highest BCUT2D eigenvalue weighted by atomic mass is 79.9. The van der Waals surface area contributed by atoms with Crippen molar-refractivity contribution < 1.29 is 0 Å². The van der Waals surface area contributed by atoms with Gasteiger partial charge < -0.3 is 5.73 Å². The molecule has 0 spiro atoms. The smallest absolute Gasteiger partial charge is 0.0245 e. The molecule has 18 heavy (non-hydrogen) atoms. The number of hydrogen-bond donors (Lipinski definition) is 1. The van der Waals surface area contributed by atoms with E-state index in [4.69, 9.17) is 5.73 Å². The van der Waals surface area contributed by atoms with Gasteiger partial charge >= 0.3 is 0 Å². The maximum atomic E-state index is 5.66. The normalized spacial score (nSPS) is 20.0. The molecular weight excluding hydrogens is 288 g/mol. The number of rotatable bonds is 3.